The molecule has 0 aromatic rings. The van der Waals surface area contributed by atoms with Gasteiger partial charge in [-0.05, 0) is 20.5 Å². The van der Waals surface area contributed by atoms with Crippen molar-refractivity contribution in [3.63, 3.8) is 0 Å². The van der Waals surface area contributed by atoms with Crippen molar-refractivity contribution in [2.75, 3.05) is 14.1 Å². The zero-order valence-electron chi connectivity index (χ0n) is 4.76. The van der Waals surface area contributed by atoms with Gasteiger partial charge >= 0.3 is 0 Å². The molecule has 42 valence electrons. The lowest BCUT2D eigenvalue weighted by Crippen LogP contribution is -2.17. The van der Waals surface area contributed by atoms with Gasteiger partial charge in [0.15, 0.2) is 0 Å². The Morgan fingerprint density at radius 3 is 2.00 bits per heavy atom. The molecule has 2 nitrogen and oxygen atoms in total. The first-order valence-electron chi connectivity index (χ1n) is 2.56. The van der Waals surface area contributed by atoms with E-state index in [4.69, 9.17) is 5.11 Å². The van der Waals surface area contributed by atoms with Crippen LogP contribution in [0.3, 0.4) is 0 Å². The highest BCUT2D eigenvalue weighted by molar-refractivity contribution is 4.92. The fourth-order valence-corrected chi connectivity index (χ4v) is 0.724. The summed E-state index contributed by atoms with van der Waals surface area (Å²) in [4.78, 5) is 2.05. The van der Waals surface area contributed by atoms with Gasteiger partial charge < -0.3 is 10.0 Å². The summed E-state index contributed by atoms with van der Waals surface area (Å²) in [6.07, 6.45) is 0.933. The van der Waals surface area contributed by atoms with Crippen LogP contribution in [-0.2, 0) is 0 Å². The zero-order chi connectivity index (χ0) is 5.44. The molecule has 0 heterocycles. The number of likely N-dealkylation sites (N-methyl/N-ethyl adjacent to an activating group) is 1. The number of hydrogen-bond donors (Lipinski definition) is 1. The average Bonchev–Trinajstić information content (AvgIpc) is 2.17. The van der Waals surface area contributed by atoms with E-state index in [1.807, 2.05) is 19.0 Å². The molecule has 0 aliphatic heterocycles. The molecule has 1 N–H and O–H groups in total. The second-order valence-electron chi connectivity index (χ2n) is 2.33. The van der Waals surface area contributed by atoms with Crippen molar-refractivity contribution in [2.45, 2.75) is 18.6 Å². The quantitative estimate of drug-likeness (QED) is 0.489. The van der Waals surface area contributed by atoms with Crippen molar-refractivity contribution < 1.29 is 5.11 Å². The molecule has 0 amide bonds. The van der Waals surface area contributed by atoms with Crippen molar-refractivity contribution in [3.05, 3.63) is 0 Å². The summed E-state index contributed by atoms with van der Waals surface area (Å²) in [5.74, 6) is 0. The average molecular weight is 101 g/mol. The van der Waals surface area contributed by atoms with Crippen LogP contribution in [0.25, 0.3) is 0 Å². The van der Waals surface area contributed by atoms with E-state index in [1.54, 1.807) is 0 Å². The Balaban J connectivity index is 2.20. The van der Waals surface area contributed by atoms with Crippen molar-refractivity contribution >= 4 is 0 Å². The Morgan fingerprint density at radius 1 is 1.57 bits per heavy atom. The second-order valence-corrected chi connectivity index (χ2v) is 2.33. The molecule has 2 heteroatoms. The normalized spacial score (nSPS) is 39.4. The lowest BCUT2D eigenvalue weighted by Gasteiger charge is -2.04. The van der Waals surface area contributed by atoms with E-state index < -0.39 is 0 Å². The van der Waals surface area contributed by atoms with Crippen molar-refractivity contribution in [1.29, 1.82) is 0 Å². The second kappa shape index (κ2) is 1.46. The minimum atomic E-state index is -0.0324. The number of aliphatic hydroxyl groups is 1. The van der Waals surface area contributed by atoms with E-state index in [-0.39, 0.29) is 6.10 Å². The van der Waals surface area contributed by atoms with E-state index in [2.05, 4.69) is 0 Å². The van der Waals surface area contributed by atoms with E-state index in [0.29, 0.717) is 6.04 Å². The van der Waals surface area contributed by atoms with Gasteiger partial charge in [0, 0.05) is 6.04 Å². The molecular weight excluding hydrogens is 90.1 g/mol. The van der Waals surface area contributed by atoms with E-state index in [9.17, 15) is 0 Å². The fourth-order valence-electron chi connectivity index (χ4n) is 0.724. The lowest BCUT2D eigenvalue weighted by molar-refractivity contribution is 0.231. The molecule has 0 aromatic carbocycles. The summed E-state index contributed by atoms with van der Waals surface area (Å²) in [7, 11) is 3.97. The summed E-state index contributed by atoms with van der Waals surface area (Å²) in [6.45, 7) is 0. The number of nitrogens with zero attached hydrogens (tertiary/aromatic N) is 1. The summed E-state index contributed by atoms with van der Waals surface area (Å²) in [5, 5.41) is 8.76. The molecule has 2 atom stereocenters. The Bertz CT molecular complexity index is 72.5. The van der Waals surface area contributed by atoms with Gasteiger partial charge in [-0.3, -0.25) is 0 Å². The zero-order valence-corrected chi connectivity index (χ0v) is 4.76. The third kappa shape index (κ3) is 0.924. The lowest BCUT2D eigenvalue weighted by atomic mass is 10.6. The molecule has 1 fully saturated rings. The van der Waals surface area contributed by atoms with Crippen LogP contribution < -0.4 is 0 Å². The van der Waals surface area contributed by atoms with Gasteiger partial charge in [0.1, 0.15) is 0 Å². The molecule has 0 radical (unpaired) electrons. The standard InChI is InChI=1S/C5H11NO/c1-6(2)4-3-5(4)7/h4-5,7H,3H2,1-2H3/t4-,5?/m0/s1. The van der Waals surface area contributed by atoms with Crippen molar-refractivity contribution in [2.24, 2.45) is 0 Å². The molecule has 0 spiro atoms. The molecule has 1 saturated carbocycles. The Labute approximate surface area is 43.7 Å². The van der Waals surface area contributed by atoms with Gasteiger partial charge in [-0.2, -0.15) is 0 Å². The van der Waals surface area contributed by atoms with Crippen LogP contribution in [0.1, 0.15) is 6.42 Å². The Morgan fingerprint density at radius 2 is 2.00 bits per heavy atom. The molecule has 1 aliphatic rings. The SMILES string of the molecule is CN(C)[C@H]1CC1O. The van der Waals surface area contributed by atoms with Crippen molar-refractivity contribution in [3.8, 4) is 0 Å². The number of rotatable bonds is 1. The maximum Gasteiger partial charge on any atom is 0.0712 e. The van der Waals surface area contributed by atoms with Gasteiger partial charge in [-0.1, -0.05) is 0 Å². The van der Waals surface area contributed by atoms with Crippen LogP contribution >= 0.6 is 0 Å². The maximum atomic E-state index is 8.76. The Hall–Kier alpha value is -0.0800. The van der Waals surface area contributed by atoms with Gasteiger partial charge in [0.2, 0.25) is 0 Å². The van der Waals surface area contributed by atoms with E-state index in [0.717, 1.165) is 6.42 Å². The highest BCUT2D eigenvalue weighted by Crippen LogP contribution is 2.24. The number of aliphatic hydroxyl groups excluding tert-OH is 1. The van der Waals surface area contributed by atoms with Crippen LogP contribution in [-0.4, -0.2) is 36.2 Å². The minimum Gasteiger partial charge on any atom is -0.391 e. The van der Waals surface area contributed by atoms with Crippen LogP contribution in [0.5, 0.6) is 0 Å². The Kier molecular flexibility index (Phi) is 1.05. The summed E-state index contributed by atoms with van der Waals surface area (Å²) in [5.41, 5.74) is 0. The van der Waals surface area contributed by atoms with E-state index >= 15 is 0 Å². The maximum absolute atomic E-state index is 8.76. The van der Waals surface area contributed by atoms with Gasteiger partial charge in [-0.25, -0.2) is 0 Å². The van der Waals surface area contributed by atoms with Crippen LogP contribution in [0, 0.1) is 0 Å². The molecule has 1 unspecified atom stereocenters. The topological polar surface area (TPSA) is 23.5 Å². The first-order valence-corrected chi connectivity index (χ1v) is 2.56. The molecule has 7 heavy (non-hydrogen) atoms. The van der Waals surface area contributed by atoms with Crippen LogP contribution in [0.2, 0.25) is 0 Å². The van der Waals surface area contributed by atoms with Crippen molar-refractivity contribution in [1.82, 2.24) is 4.90 Å². The highest BCUT2D eigenvalue weighted by atomic mass is 16.3. The third-order valence-electron chi connectivity index (χ3n) is 1.39. The predicted octanol–water partition coefficient (Wildman–Crippen LogP) is -0.319. The fraction of sp³-hybridized carbons (Fsp3) is 1.00. The smallest absolute Gasteiger partial charge is 0.0712 e. The largest absolute Gasteiger partial charge is 0.391 e. The monoisotopic (exact) mass is 101 g/mol. The molecule has 0 saturated heterocycles. The first kappa shape index (κ1) is 5.06. The minimum absolute atomic E-state index is 0.0324. The molecular formula is C5H11NO. The van der Waals surface area contributed by atoms with Crippen LogP contribution in [0.15, 0.2) is 0 Å². The highest BCUT2D eigenvalue weighted by Gasteiger charge is 2.36. The predicted molar refractivity (Wildman–Crippen MR) is 28.1 cm³/mol. The number of hydrogen-bond acceptors (Lipinski definition) is 2. The first-order chi connectivity index (χ1) is 3.22. The van der Waals surface area contributed by atoms with Gasteiger partial charge in [-0.15, -0.1) is 0 Å². The summed E-state index contributed by atoms with van der Waals surface area (Å²) >= 11 is 0. The molecule has 1 aliphatic carbocycles. The molecule has 0 aromatic heterocycles. The summed E-state index contributed by atoms with van der Waals surface area (Å²) in [6, 6.07) is 0.458. The molecule has 0 bridgehead atoms. The van der Waals surface area contributed by atoms with Gasteiger partial charge in [0.25, 0.3) is 0 Å². The van der Waals surface area contributed by atoms with E-state index in [1.165, 1.54) is 0 Å². The van der Waals surface area contributed by atoms with Gasteiger partial charge in [0.05, 0.1) is 6.10 Å². The van der Waals surface area contributed by atoms with Crippen LogP contribution in [0.4, 0.5) is 0 Å². The molecule has 1 rings (SSSR count). The summed E-state index contributed by atoms with van der Waals surface area (Å²) < 4.78 is 0. The third-order valence-corrected chi connectivity index (χ3v) is 1.39.